The maximum atomic E-state index is 12.7. The summed E-state index contributed by atoms with van der Waals surface area (Å²) in [6, 6.07) is 7.02. The molecule has 1 N–H and O–H groups in total. The molecule has 6 heteroatoms. The zero-order chi connectivity index (χ0) is 17.8. The maximum Gasteiger partial charge on any atom is 0.274 e. The second-order valence-electron chi connectivity index (χ2n) is 6.77. The van der Waals surface area contributed by atoms with E-state index in [0.717, 1.165) is 25.9 Å². The van der Waals surface area contributed by atoms with Gasteiger partial charge in [-0.05, 0) is 45.6 Å². The van der Waals surface area contributed by atoms with E-state index in [1.54, 1.807) is 18.2 Å². The average Bonchev–Trinajstić information content (AvgIpc) is 2.62. The molecular weight excluding hydrogens is 318 g/mol. The SMILES string of the molecule is CC(C)n1nc(C(=O)NCCC2CCCCO2)c2ccccc2c1=O. The molecule has 1 aromatic heterocycles. The first-order valence-electron chi connectivity index (χ1n) is 8.99. The third kappa shape index (κ3) is 3.90. The Morgan fingerprint density at radius 2 is 2.08 bits per heavy atom. The Morgan fingerprint density at radius 1 is 1.32 bits per heavy atom. The molecule has 0 saturated carbocycles. The molecule has 2 aromatic rings. The molecule has 1 fully saturated rings. The summed E-state index contributed by atoms with van der Waals surface area (Å²) < 4.78 is 7.07. The van der Waals surface area contributed by atoms with Gasteiger partial charge in [0.2, 0.25) is 0 Å². The molecule has 134 valence electrons. The van der Waals surface area contributed by atoms with Crippen LogP contribution < -0.4 is 10.9 Å². The molecule has 0 spiro atoms. The number of fused-ring (bicyclic) bond motifs is 1. The number of hydrogen-bond donors (Lipinski definition) is 1. The lowest BCUT2D eigenvalue weighted by atomic mass is 10.1. The predicted molar refractivity (Wildman–Crippen MR) is 96.9 cm³/mol. The molecule has 3 rings (SSSR count). The van der Waals surface area contributed by atoms with E-state index in [9.17, 15) is 9.59 Å². The number of carbonyl (C=O) groups excluding carboxylic acids is 1. The highest BCUT2D eigenvalue weighted by Crippen LogP contribution is 2.16. The third-order valence-electron chi connectivity index (χ3n) is 4.56. The molecule has 0 aliphatic carbocycles. The predicted octanol–water partition coefficient (Wildman–Crippen LogP) is 2.67. The van der Waals surface area contributed by atoms with Gasteiger partial charge in [0.05, 0.1) is 17.5 Å². The van der Waals surface area contributed by atoms with Gasteiger partial charge >= 0.3 is 0 Å². The van der Waals surface area contributed by atoms with E-state index >= 15 is 0 Å². The van der Waals surface area contributed by atoms with Gasteiger partial charge in [0.15, 0.2) is 5.69 Å². The van der Waals surface area contributed by atoms with Gasteiger partial charge in [0.25, 0.3) is 11.5 Å². The van der Waals surface area contributed by atoms with Gasteiger partial charge in [-0.1, -0.05) is 18.2 Å². The third-order valence-corrected chi connectivity index (χ3v) is 4.56. The summed E-state index contributed by atoms with van der Waals surface area (Å²) in [7, 11) is 0. The summed E-state index contributed by atoms with van der Waals surface area (Å²) in [6.07, 6.45) is 4.38. The second-order valence-corrected chi connectivity index (χ2v) is 6.77. The Labute approximate surface area is 147 Å². The van der Waals surface area contributed by atoms with Gasteiger partial charge in [-0.2, -0.15) is 5.10 Å². The van der Waals surface area contributed by atoms with Crippen LogP contribution in [0.15, 0.2) is 29.1 Å². The van der Waals surface area contributed by atoms with Crippen molar-refractivity contribution < 1.29 is 9.53 Å². The van der Waals surface area contributed by atoms with Crippen LogP contribution in [-0.2, 0) is 4.74 Å². The zero-order valence-corrected chi connectivity index (χ0v) is 14.8. The number of rotatable bonds is 5. The van der Waals surface area contributed by atoms with E-state index < -0.39 is 0 Å². The van der Waals surface area contributed by atoms with Crippen LogP contribution in [0.4, 0.5) is 0 Å². The topological polar surface area (TPSA) is 73.2 Å². The summed E-state index contributed by atoms with van der Waals surface area (Å²) >= 11 is 0. The molecular formula is C19H25N3O3. The fourth-order valence-electron chi connectivity index (χ4n) is 3.19. The molecule has 1 aromatic carbocycles. The molecule has 6 nitrogen and oxygen atoms in total. The van der Waals surface area contributed by atoms with E-state index in [0.29, 0.717) is 23.0 Å². The van der Waals surface area contributed by atoms with Crippen molar-refractivity contribution in [1.82, 2.24) is 15.1 Å². The summed E-state index contributed by atoms with van der Waals surface area (Å²) in [4.78, 5) is 25.2. The van der Waals surface area contributed by atoms with Crippen molar-refractivity contribution in [2.75, 3.05) is 13.2 Å². The molecule has 1 aliphatic heterocycles. The molecule has 25 heavy (non-hydrogen) atoms. The largest absolute Gasteiger partial charge is 0.378 e. The van der Waals surface area contributed by atoms with Crippen LogP contribution in [-0.4, -0.2) is 34.9 Å². The molecule has 0 radical (unpaired) electrons. The van der Waals surface area contributed by atoms with E-state index in [-0.39, 0.29) is 23.6 Å². The number of carbonyl (C=O) groups is 1. The van der Waals surface area contributed by atoms with Crippen LogP contribution in [0.3, 0.4) is 0 Å². The monoisotopic (exact) mass is 343 g/mol. The molecule has 1 unspecified atom stereocenters. The molecule has 1 aliphatic rings. The number of nitrogens with one attached hydrogen (secondary N) is 1. The molecule has 1 amide bonds. The van der Waals surface area contributed by atoms with Crippen molar-refractivity contribution in [2.24, 2.45) is 0 Å². The van der Waals surface area contributed by atoms with Crippen LogP contribution in [0.1, 0.15) is 56.1 Å². The number of aromatic nitrogens is 2. The normalized spacial score (nSPS) is 17.8. The van der Waals surface area contributed by atoms with E-state index in [4.69, 9.17) is 4.74 Å². The summed E-state index contributed by atoms with van der Waals surface area (Å²) in [5.41, 5.74) is 0.131. The Morgan fingerprint density at radius 3 is 2.76 bits per heavy atom. The summed E-state index contributed by atoms with van der Waals surface area (Å²) in [5.74, 6) is -0.249. The number of ether oxygens (including phenoxy) is 1. The van der Waals surface area contributed by atoms with Crippen LogP contribution in [0.25, 0.3) is 10.8 Å². The highest BCUT2D eigenvalue weighted by atomic mass is 16.5. The van der Waals surface area contributed by atoms with Crippen LogP contribution in [0.2, 0.25) is 0 Å². The Kier molecular flexibility index (Phi) is 5.48. The van der Waals surface area contributed by atoms with Gasteiger partial charge in [0, 0.05) is 18.5 Å². The maximum absolute atomic E-state index is 12.7. The highest BCUT2D eigenvalue weighted by molar-refractivity contribution is 6.04. The van der Waals surface area contributed by atoms with Crippen molar-refractivity contribution in [1.29, 1.82) is 0 Å². The number of amides is 1. The smallest absolute Gasteiger partial charge is 0.274 e. The number of nitrogens with zero attached hydrogens (tertiary/aromatic N) is 2. The van der Waals surface area contributed by atoms with E-state index in [1.165, 1.54) is 11.1 Å². The van der Waals surface area contributed by atoms with Crippen molar-refractivity contribution in [2.45, 2.75) is 51.7 Å². The fraction of sp³-hybridized carbons (Fsp3) is 0.526. The first kappa shape index (κ1) is 17.6. The molecule has 2 heterocycles. The van der Waals surface area contributed by atoms with E-state index in [2.05, 4.69) is 10.4 Å². The zero-order valence-electron chi connectivity index (χ0n) is 14.8. The molecule has 0 bridgehead atoms. The summed E-state index contributed by atoms with van der Waals surface area (Å²) in [5, 5.41) is 8.37. The van der Waals surface area contributed by atoms with Crippen molar-refractivity contribution >= 4 is 16.7 Å². The quantitative estimate of drug-likeness (QED) is 0.906. The van der Waals surface area contributed by atoms with Crippen LogP contribution in [0.5, 0.6) is 0 Å². The fourth-order valence-corrected chi connectivity index (χ4v) is 3.19. The Bertz CT molecular complexity index is 807. The molecule has 1 saturated heterocycles. The van der Waals surface area contributed by atoms with Gasteiger partial charge in [0.1, 0.15) is 0 Å². The minimum absolute atomic E-state index is 0.112. The standard InChI is InChI=1S/C19H25N3O3/c1-13(2)22-19(24)16-9-4-3-8-15(16)17(21-22)18(23)20-11-10-14-7-5-6-12-25-14/h3-4,8-9,13-14H,5-7,10-12H2,1-2H3,(H,20,23). The Hall–Kier alpha value is -2.21. The van der Waals surface area contributed by atoms with Gasteiger partial charge in [-0.25, -0.2) is 4.68 Å². The second kappa shape index (κ2) is 7.78. The minimum Gasteiger partial charge on any atom is -0.378 e. The summed E-state index contributed by atoms with van der Waals surface area (Å²) in [6.45, 7) is 5.11. The average molecular weight is 343 g/mol. The Balaban J connectivity index is 1.80. The lowest BCUT2D eigenvalue weighted by molar-refractivity contribution is 0.0117. The number of benzene rings is 1. The number of hydrogen-bond acceptors (Lipinski definition) is 4. The van der Waals surface area contributed by atoms with Crippen LogP contribution in [0, 0.1) is 0 Å². The van der Waals surface area contributed by atoms with Gasteiger partial charge in [-0.15, -0.1) is 0 Å². The van der Waals surface area contributed by atoms with Gasteiger partial charge < -0.3 is 10.1 Å². The first-order valence-corrected chi connectivity index (χ1v) is 8.99. The lowest BCUT2D eigenvalue weighted by Gasteiger charge is -2.22. The highest BCUT2D eigenvalue weighted by Gasteiger charge is 2.18. The molecule has 1 atom stereocenters. The van der Waals surface area contributed by atoms with Crippen LogP contribution >= 0.6 is 0 Å². The van der Waals surface area contributed by atoms with Crippen molar-refractivity contribution in [3.05, 3.63) is 40.3 Å². The lowest BCUT2D eigenvalue weighted by Crippen LogP contribution is -2.33. The van der Waals surface area contributed by atoms with Crippen molar-refractivity contribution in [3.63, 3.8) is 0 Å². The minimum atomic E-state index is -0.249. The van der Waals surface area contributed by atoms with Gasteiger partial charge in [-0.3, -0.25) is 9.59 Å². The first-order chi connectivity index (χ1) is 12.1. The van der Waals surface area contributed by atoms with E-state index in [1.807, 2.05) is 19.9 Å². The van der Waals surface area contributed by atoms with Crippen molar-refractivity contribution in [3.8, 4) is 0 Å².